The lowest BCUT2D eigenvalue weighted by Crippen LogP contribution is -2.57. The van der Waals surface area contributed by atoms with Crippen LogP contribution in [0.4, 0.5) is 0 Å². The second kappa shape index (κ2) is 3.49. The number of hydrogen-bond donors (Lipinski definition) is 0. The molecule has 2 fully saturated rings. The van der Waals surface area contributed by atoms with E-state index in [9.17, 15) is 0 Å². The molecule has 0 atom stereocenters. The molecular formula is C12H23NO. The van der Waals surface area contributed by atoms with Gasteiger partial charge in [-0.3, -0.25) is 4.90 Å². The summed E-state index contributed by atoms with van der Waals surface area (Å²) in [5.41, 5.74) is 0.0396. The first-order chi connectivity index (χ1) is 6.44. The van der Waals surface area contributed by atoms with Gasteiger partial charge in [-0.25, -0.2) is 0 Å². The molecule has 1 aliphatic carbocycles. The molecule has 2 aliphatic rings. The summed E-state index contributed by atoms with van der Waals surface area (Å²) in [5.74, 6) is 0.928. The van der Waals surface area contributed by atoms with E-state index in [4.69, 9.17) is 4.74 Å². The van der Waals surface area contributed by atoms with Crippen LogP contribution >= 0.6 is 0 Å². The summed E-state index contributed by atoms with van der Waals surface area (Å²) in [6, 6.07) is 0.832. The number of rotatable bonds is 2. The van der Waals surface area contributed by atoms with Gasteiger partial charge in [-0.05, 0) is 39.5 Å². The maximum absolute atomic E-state index is 5.92. The molecule has 2 nitrogen and oxygen atoms in total. The maximum Gasteiger partial charge on any atom is 0.0612 e. The first kappa shape index (κ1) is 10.4. The van der Waals surface area contributed by atoms with Crippen LogP contribution in [0, 0.1) is 5.92 Å². The molecule has 1 aliphatic heterocycles. The van der Waals surface area contributed by atoms with Crippen molar-refractivity contribution in [2.45, 2.75) is 58.3 Å². The van der Waals surface area contributed by atoms with Gasteiger partial charge in [-0.1, -0.05) is 6.92 Å². The summed E-state index contributed by atoms with van der Waals surface area (Å²) in [4.78, 5) is 2.60. The summed E-state index contributed by atoms with van der Waals surface area (Å²) in [6.07, 6.45) is 3.03. The Morgan fingerprint density at radius 3 is 2.14 bits per heavy atom. The van der Waals surface area contributed by atoms with E-state index >= 15 is 0 Å². The Bertz CT molecular complexity index is 197. The van der Waals surface area contributed by atoms with Crippen LogP contribution in [0.5, 0.6) is 0 Å². The second-order valence-corrected chi connectivity index (χ2v) is 6.04. The molecule has 0 radical (unpaired) electrons. The van der Waals surface area contributed by atoms with Crippen LogP contribution in [0.15, 0.2) is 0 Å². The van der Waals surface area contributed by atoms with Crippen LogP contribution in [-0.4, -0.2) is 35.7 Å². The summed E-state index contributed by atoms with van der Waals surface area (Å²) in [6.45, 7) is 11.4. The van der Waals surface area contributed by atoms with Gasteiger partial charge in [0.1, 0.15) is 0 Å². The Labute approximate surface area is 87.6 Å². The van der Waals surface area contributed by atoms with Gasteiger partial charge in [-0.2, -0.15) is 0 Å². The third-order valence-electron chi connectivity index (χ3n) is 3.20. The van der Waals surface area contributed by atoms with Crippen molar-refractivity contribution in [1.29, 1.82) is 0 Å². The topological polar surface area (TPSA) is 12.5 Å². The highest BCUT2D eigenvalue weighted by atomic mass is 16.5. The van der Waals surface area contributed by atoms with Gasteiger partial charge in [-0.15, -0.1) is 0 Å². The first-order valence-corrected chi connectivity index (χ1v) is 5.86. The van der Waals surface area contributed by atoms with Crippen molar-refractivity contribution < 1.29 is 4.74 Å². The van der Waals surface area contributed by atoms with Crippen molar-refractivity contribution in [2.75, 3.05) is 13.1 Å². The van der Waals surface area contributed by atoms with E-state index in [0.717, 1.165) is 12.0 Å². The van der Waals surface area contributed by atoms with Crippen molar-refractivity contribution in [2.24, 2.45) is 5.92 Å². The lowest BCUT2D eigenvalue weighted by Gasteiger charge is -2.50. The predicted molar refractivity (Wildman–Crippen MR) is 58.4 cm³/mol. The third kappa shape index (κ3) is 2.29. The van der Waals surface area contributed by atoms with Crippen LogP contribution in [0.1, 0.15) is 40.5 Å². The van der Waals surface area contributed by atoms with Crippen LogP contribution in [0.25, 0.3) is 0 Å². The molecule has 0 unspecified atom stereocenters. The fourth-order valence-corrected chi connectivity index (χ4v) is 2.48. The Balaban J connectivity index is 1.65. The normalized spacial score (nSPS) is 35.1. The standard InChI is InChI=1S/C12H23NO/c1-9-7-13(8-9)10-5-11(6-10)14-12(2,3)4/h9-11H,5-8H2,1-4H3. The molecule has 2 heteroatoms. The molecule has 1 saturated carbocycles. The van der Waals surface area contributed by atoms with Crippen LogP contribution < -0.4 is 0 Å². The maximum atomic E-state index is 5.92. The molecule has 0 aromatic rings. The summed E-state index contributed by atoms with van der Waals surface area (Å²) in [5, 5.41) is 0. The van der Waals surface area contributed by atoms with Gasteiger partial charge >= 0.3 is 0 Å². The number of nitrogens with zero attached hydrogens (tertiary/aromatic N) is 1. The minimum Gasteiger partial charge on any atom is -0.373 e. The zero-order valence-electron chi connectivity index (χ0n) is 9.92. The molecule has 2 rings (SSSR count). The molecule has 14 heavy (non-hydrogen) atoms. The van der Waals surface area contributed by atoms with E-state index in [0.29, 0.717) is 6.10 Å². The molecule has 0 aromatic carbocycles. The van der Waals surface area contributed by atoms with E-state index in [-0.39, 0.29) is 5.60 Å². The fraction of sp³-hybridized carbons (Fsp3) is 1.00. The fourth-order valence-electron chi connectivity index (χ4n) is 2.48. The number of hydrogen-bond acceptors (Lipinski definition) is 2. The second-order valence-electron chi connectivity index (χ2n) is 6.04. The molecule has 0 bridgehead atoms. The van der Waals surface area contributed by atoms with Crippen LogP contribution in [0.2, 0.25) is 0 Å². The van der Waals surface area contributed by atoms with Crippen molar-refractivity contribution in [1.82, 2.24) is 4.90 Å². The van der Waals surface area contributed by atoms with Crippen molar-refractivity contribution in [3.63, 3.8) is 0 Å². The van der Waals surface area contributed by atoms with Gasteiger partial charge < -0.3 is 4.74 Å². The number of likely N-dealkylation sites (tertiary alicyclic amines) is 1. The highest BCUT2D eigenvalue weighted by Crippen LogP contribution is 2.34. The SMILES string of the molecule is CC1CN(C2CC(OC(C)(C)C)C2)C1. The average Bonchev–Trinajstić information content (AvgIpc) is 1.88. The Kier molecular flexibility index (Phi) is 2.61. The molecule has 0 amide bonds. The van der Waals surface area contributed by atoms with Crippen molar-refractivity contribution in [3.05, 3.63) is 0 Å². The molecule has 0 aromatic heterocycles. The monoisotopic (exact) mass is 197 g/mol. The summed E-state index contributed by atoms with van der Waals surface area (Å²) < 4.78 is 5.92. The van der Waals surface area contributed by atoms with Gasteiger partial charge in [0.25, 0.3) is 0 Å². The molecule has 0 spiro atoms. The molecule has 1 heterocycles. The van der Waals surface area contributed by atoms with Gasteiger partial charge in [0.2, 0.25) is 0 Å². The van der Waals surface area contributed by atoms with E-state index in [1.807, 2.05) is 0 Å². The zero-order valence-corrected chi connectivity index (χ0v) is 9.92. The average molecular weight is 197 g/mol. The molecule has 82 valence electrons. The van der Waals surface area contributed by atoms with Gasteiger partial charge in [0, 0.05) is 19.1 Å². The van der Waals surface area contributed by atoms with Crippen molar-refractivity contribution in [3.8, 4) is 0 Å². The van der Waals surface area contributed by atoms with Crippen LogP contribution in [0.3, 0.4) is 0 Å². The molecular weight excluding hydrogens is 174 g/mol. The highest BCUT2D eigenvalue weighted by Gasteiger charge is 2.40. The predicted octanol–water partition coefficient (Wildman–Crippen LogP) is 2.28. The minimum atomic E-state index is 0.0396. The van der Waals surface area contributed by atoms with Gasteiger partial charge in [0.05, 0.1) is 11.7 Å². The Morgan fingerprint density at radius 1 is 1.14 bits per heavy atom. The summed E-state index contributed by atoms with van der Waals surface area (Å²) in [7, 11) is 0. The Hall–Kier alpha value is -0.0800. The summed E-state index contributed by atoms with van der Waals surface area (Å²) >= 11 is 0. The highest BCUT2D eigenvalue weighted by molar-refractivity contribution is 4.93. The van der Waals surface area contributed by atoms with Crippen molar-refractivity contribution >= 4 is 0 Å². The molecule has 1 saturated heterocycles. The quantitative estimate of drug-likeness (QED) is 0.673. The largest absolute Gasteiger partial charge is 0.373 e. The van der Waals surface area contributed by atoms with E-state index in [2.05, 4.69) is 32.6 Å². The lowest BCUT2D eigenvalue weighted by atomic mass is 9.84. The first-order valence-electron chi connectivity index (χ1n) is 5.86. The van der Waals surface area contributed by atoms with Gasteiger partial charge in [0.15, 0.2) is 0 Å². The van der Waals surface area contributed by atoms with E-state index in [1.165, 1.54) is 25.9 Å². The van der Waals surface area contributed by atoms with E-state index < -0.39 is 0 Å². The number of ether oxygens (including phenoxy) is 1. The minimum absolute atomic E-state index is 0.0396. The van der Waals surface area contributed by atoms with E-state index in [1.54, 1.807) is 0 Å². The Morgan fingerprint density at radius 2 is 1.71 bits per heavy atom. The smallest absolute Gasteiger partial charge is 0.0612 e. The molecule has 0 N–H and O–H groups in total. The zero-order chi connectivity index (χ0) is 10.3. The lowest BCUT2D eigenvalue weighted by molar-refractivity contribution is -0.132. The third-order valence-corrected chi connectivity index (χ3v) is 3.20. The van der Waals surface area contributed by atoms with Crippen LogP contribution in [-0.2, 0) is 4.74 Å².